The molecule has 0 aliphatic carbocycles. The van der Waals surface area contributed by atoms with Crippen LogP contribution in [0.5, 0.6) is 0 Å². The number of aliphatic imine (C=N–C) groups is 1. The molecule has 6 heteroatoms. The second kappa shape index (κ2) is 8.67. The summed E-state index contributed by atoms with van der Waals surface area (Å²) >= 11 is 0. The van der Waals surface area contributed by atoms with Crippen LogP contribution in [0.15, 0.2) is 47.7 Å². The van der Waals surface area contributed by atoms with Gasteiger partial charge in [0.1, 0.15) is 0 Å². The van der Waals surface area contributed by atoms with Crippen LogP contribution in [-0.4, -0.2) is 61.0 Å². The Morgan fingerprint density at radius 2 is 2.20 bits per heavy atom. The van der Waals surface area contributed by atoms with Gasteiger partial charge in [-0.15, -0.1) is 0 Å². The van der Waals surface area contributed by atoms with Crippen molar-refractivity contribution in [2.45, 2.75) is 12.8 Å². The maximum absolute atomic E-state index is 5.27. The van der Waals surface area contributed by atoms with Crippen LogP contribution >= 0.6 is 0 Å². The summed E-state index contributed by atoms with van der Waals surface area (Å²) in [6, 6.07) is 10.2. The van der Waals surface area contributed by atoms with Crippen LogP contribution in [0.4, 0.5) is 0 Å². The van der Waals surface area contributed by atoms with Crippen molar-refractivity contribution >= 4 is 5.96 Å². The number of nitrogens with zero attached hydrogens (tertiary/aromatic N) is 4. The number of nitrogens with one attached hydrogen (secondary N) is 1. The number of methoxy groups -OCH3 is 1. The highest BCUT2D eigenvalue weighted by Gasteiger charge is 2.24. The summed E-state index contributed by atoms with van der Waals surface area (Å²) < 4.78 is 7.19. The normalized spacial score (nSPS) is 17.9. The molecule has 25 heavy (non-hydrogen) atoms. The Kier molecular flexibility index (Phi) is 6.06. The van der Waals surface area contributed by atoms with Crippen LogP contribution in [0.2, 0.25) is 0 Å². The minimum atomic E-state index is 0.604. The van der Waals surface area contributed by atoms with Crippen molar-refractivity contribution in [3.8, 4) is 5.69 Å². The van der Waals surface area contributed by atoms with E-state index >= 15 is 0 Å². The lowest BCUT2D eigenvalue weighted by atomic mass is 10.1. The maximum Gasteiger partial charge on any atom is 0.193 e. The second-order valence-corrected chi connectivity index (χ2v) is 6.41. The number of benzene rings is 1. The van der Waals surface area contributed by atoms with E-state index in [1.54, 1.807) is 7.11 Å². The number of rotatable bonds is 6. The van der Waals surface area contributed by atoms with Crippen LogP contribution < -0.4 is 5.32 Å². The molecule has 1 aromatic carbocycles. The van der Waals surface area contributed by atoms with Gasteiger partial charge in [0.05, 0.1) is 18.5 Å². The van der Waals surface area contributed by atoms with Crippen molar-refractivity contribution in [1.29, 1.82) is 0 Å². The smallest absolute Gasteiger partial charge is 0.193 e. The maximum atomic E-state index is 5.27. The molecule has 0 saturated carbocycles. The number of hydrogen-bond acceptors (Lipinski definition) is 3. The third kappa shape index (κ3) is 4.60. The van der Waals surface area contributed by atoms with Gasteiger partial charge in [0.25, 0.3) is 0 Å². The topological polar surface area (TPSA) is 54.7 Å². The van der Waals surface area contributed by atoms with E-state index in [4.69, 9.17) is 4.74 Å². The van der Waals surface area contributed by atoms with E-state index in [9.17, 15) is 0 Å². The SMILES string of the molecule is CN=C(NCCc1cnn(-c2ccccc2)c1)N1CCC(COC)C1. The number of hydrogen-bond donors (Lipinski definition) is 1. The molecule has 1 N–H and O–H groups in total. The number of aromatic nitrogens is 2. The molecule has 1 fully saturated rings. The Bertz CT molecular complexity index is 682. The molecule has 0 spiro atoms. The van der Waals surface area contributed by atoms with E-state index in [0.717, 1.165) is 44.3 Å². The van der Waals surface area contributed by atoms with Gasteiger partial charge in [-0.1, -0.05) is 18.2 Å². The summed E-state index contributed by atoms with van der Waals surface area (Å²) in [5, 5.41) is 7.92. The molecule has 2 aromatic rings. The minimum Gasteiger partial charge on any atom is -0.384 e. The van der Waals surface area contributed by atoms with E-state index in [1.807, 2.05) is 36.1 Å². The zero-order valence-electron chi connectivity index (χ0n) is 15.1. The molecule has 2 heterocycles. The lowest BCUT2D eigenvalue weighted by Crippen LogP contribution is -2.41. The number of likely N-dealkylation sites (tertiary alicyclic amines) is 1. The van der Waals surface area contributed by atoms with Gasteiger partial charge in [0.2, 0.25) is 0 Å². The zero-order valence-corrected chi connectivity index (χ0v) is 15.1. The Balaban J connectivity index is 1.48. The fraction of sp³-hybridized carbons (Fsp3) is 0.474. The third-order valence-electron chi connectivity index (χ3n) is 4.55. The Hall–Kier alpha value is -2.34. The van der Waals surface area contributed by atoms with Crippen molar-refractivity contribution in [3.05, 3.63) is 48.3 Å². The highest BCUT2D eigenvalue weighted by atomic mass is 16.5. The molecule has 0 bridgehead atoms. The molecule has 1 atom stereocenters. The van der Waals surface area contributed by atoms with Crippen molar-refractivity contribution < 1.29 is 4.74 Å². The quantitative estimate of drug-likeness (QED) is 0.645. The van der Waals surface area contributed by atoms with E-state index in [1.165, 1.54) is 12.0 Å². The van der Waals surface area contributed by atoms with Crippen molar-refractivity contribution in [2.75, 3.05) is 40.4 Å². The van der Waals surface area contributed by atoms with Crippen molar-refractivity contribution in [3.63, 3.8) is 0 Å². The van der Waals surface area contributed by atoms with Crippen LogP contribution in [0.25, 0.3) is 5.69 Å². The van der Waals surface area contributed by atoms with Gasteiger partial charge in [-0.05, 0) is 30.5 Å². The first-order valence-corrected chi connectivity index (χ1v) is 8.83. The van der Waals surface area contributed by atoms with Gasteiger partial charge in [0.15, 0.2) is 5.96 Å². The first kappa shape index (κ1) is 17.5. The van der Waals surface area contributed by atoms with Crippen molar-refractivity contribution in [1.82, 2.24) is 20.0 Å². The fourth-order valence-electron chi connectivity index (χ4n) is 3.26. The number of ether oxygens (including phenoxy) is 1. The highest BCUT2D eigenvalue weighted by molar-refractivity contribution is 5.80. The Labute approximate surface area is 149 Å². The average molecular weight is 341 g/mol. The molecule has 1 aliphatic heterocycles. The largest absolute Gasteiger partial charge is 0.384 e. The standard InChI is InChI=1S/C19H27N5O/c1-20-19(23-11-9-17(13-23)15-25-2)21-10-8-16-12-22-24(14-16)18-6-4-3-5-7-18/h3-7,12,14,17H,8-11,13,15H2,1-2H3,(H,20,21). The third-order valence-corrected chi connectivity index (χ3v) is 4.55. The van der Waals surface area contributed by atoms with Crippen LogP contribution in [-0.2, 0) is 11.2 Å². The lowest BCUT2D eigenvalue weighted by molar-refractivity contribution is 0.157. The fourth-order valence-corrected chi connectivity index (χ4v) is 3.26. The van der Waals surface area contributed by atoms with Crippen LogP contribution in [0.1, 0.15) is 12.0 Å². The zero-order chi connectivity index (χ0) is 17.5. The van der Waals surface area contributed by atoms with Gasteiger partial charge in [-0.2, -0.15) is 5.10 Å². The molecule has 6 nitrogen and oxygen atoms in total. The molecule has 0 radical (unpaired) electrons. The van der Waals surface area contributed by atoms with Crippen molar-refractivity contribution in [2.24, 2.45) is 10.9 Å². The monoisotopic (exact) mass is 341 g/mol. The summed E-state index contributed by atoms with van der Waals surface area (Å²) in [6.45, 7) is 3.73. The van der Waals surface area contributed by atoms with E-state index < -0.39 is 0 Å². The molecular weight excluding hydrogens is 314 g/mol. The van der Waals surface area contributed by atoms with Gasteiger partial charge in [-0.3, -0.25) is 4.99 Å². The highest BCUT2D eigenvalue weighted by Crippen LogP contribution is 2.16. The second-order valence-electron chi connectivity index (χ2n) is 6.41. The molecule has 1 saturated heterocycles. The summed E-state index contributed by atoms with van der Waals surface area (Å²) in [5.74, 6) is 1.58. The number of para-hydroxylation sites is 1. The van der Waals surface area contributed by atoms with Gasteiger partial charge < -0.3 is 15.0 Å². The minimum absolute atomic E-state index is 0.604. The molecular formula is C19H27N5O. The predicted molar refractivity (Wildman–Crippen MR) is 100 cm³/mol. The van der Waals surface area contributed by atoms with E-state index in [2.05, 4.69) is 38.6 Å². The first-order chi connectivity index (χ1) is 12.3. The lowest BCUT2D eigenvalue weighted by Gasteiger charge is -2.21. The van der Waals surface area contributed by atoms with E-state index in [-0.39, 0.29) is 0 Å². The summed E-state index contributed by atoms with van der Waals surface area (Å²) in [5.41, 5.74) is 2.30. The number of guanidine groups is 1. The van der Waals surface area contributed by atoms with Gasteiger partial charge in [0, 0.05) is 45.9 Å². The predicted octanol–water partition coefficient (Wildman–Crippen LogP) is 1.96. The summed E-state index contributed by atoms with van der Waals surface area (Å²) in [4.78, 5) is 6.73. The summed E-state index contributed by atoms with van der Waals surface area (Å²) in [6.07, 6.45) is 6.10. The Morgan fingerprint density at radius 1 is 1.36 bits per heavy atom. The van der Waals surface area contributed by atoms with Crippen LogP contribution in [0, 0.1) is 5.92 Å². The molecule has 0 amide bonds. The first-order valence-electron chi connectivity index (χ1n) is 8.83. The molecule has 1 aromatic heterocycles. The molecule has 1 aliphatic rings. The summed E-state index contributed by atoms with van der Waals surface area (Å²) in [7, 11) is 3.62. The van der Waals surface area contributed by atoms with Gasteiger partial charge in [-0.25, -0.2) is 4.68 Å². The molecule has 1 unspecified atom stereocenters. The molecule has 134 valence electrons. The van der Waals surface area contributed by atoms with Crippen LogP contribution in [0.3, 0.4) is 0 Å². The van der Waals surface area contributed by atoms with Gasteiger partial charge >= 0.3 is 0 Å². The average Bonchev–Trinajstić information content (AvgIpc) is 3.30. The van der Waals surface area contributed by atoms with E-state index in [0.29, 0.717) is 5.92 Å². The Morgan fingerprint density at radius 3 is 2.96 bits per heavy atom. The molecule has 3 rings (SSSR count).